The number of anilines is 1. The lowest BCUT2D eigenvalue weighted by Gasteiger charge is -2.05. The molecule has 1 aromatic carbocycles. The molecular formula is C15H11BrN4. The molecule has 4 nitrogen and oxygen atoms in total. The minimum atomic E-state index is 0.614. The van der Waals surface area contributed by atoms with Crippen LogP contribution in [0, 0.1) is 11.3 Å². The van der Waals surface area contributed by atoms with Gasteiger partial charge in [0, 0.05) is 11.9 Å². The highest BCUT2D eigenvalue weighted by Gasteiger charge is 2.07. The van der Waals surface area contributed by atoms with Crippen LogP contribution in [0.15, 0.2) is 53.3 Å². The third kappa shape index (κ3) is 2.38. The van der Waals surface area contributed by atoms with Gasteiger partial charge in [0.25, 0.3) is 0 Å². The van der Waals surface area contributed by atoms with E-state index in [1.807, 2.05) is 40.9 Å². The van der Waals surface area contributed by atoms with Gasteiger partial charge in [-0.25, -0.2) is 4.98 Å². The van der Waals surface area contributed by atoms with Gasteiger partial charge in [-0.15, -0.1) is 0 Å². The summed E-state index contributed by atoms with van der Waals surface area (Å²) in [5.74, 6) is 0.928. The molecule has 0 atom stereocenters. The van der Waals surface area contributed by atoms with Gasteiger partial charge < -0.3 is 9.72 Å². The molecule has 2 heterocycles. The van der Waals surface area contributed by atoms with Crippen LogP contribution in [0.5, 0.6) is 0 Å². The summed E-state index contributed by atoms with van der Waals surface area (Å²) in [5.41, 5.74) is 2.67. The van der Waals surface area contributed by atoms with E-state index in [0.29, 0.717) is 12.1 Å². The third-order valence-corrected chi connectivity index (χ3v) is 3.62. The van der Waals surface area contributed by atoms with E-state index in [0.717, 1.165) is 21.6 Å². The summed E-state index contributed by atoms with van der Waals surface area (Å²) in [5, 5.41) is 12.1. The fourth-order valence-electron chi connectivity index (χ4n) is 2.03. The summed E-state index contributed by atoms with van der Waals surface area (Å²) in [7, 11) is 0. The first-order valence-electron chi connectivity index (χ1n) is 6.13. The minimum Gasteiger partial charge on any atom is -0.378 e. The Kier molecular flexibility index (Phi) is 3.40. The molecule has 0 bridgehead atoms. The zero-order chi connectivity index (χ0) is 13.9. The number of aromatic nitrogens is 2. The van der Waals surface area contributed by atoms with E-state index in [-0.39, 0.29) is 0 Å². The zero-order valence-corrected chi connectivity index (χ0v) is 12.1. The van der Waals surface area contributed by atoms with Crippen molar-refractivity contribution in [1.82, 2.24) is 9.38 Å². The molecule has 0 amide bonds. The largest absolute Gasteiger partial charge is 0.378 e. The van der Waals surface area contributed by atoms with Crippen LogP contribution in [-0.2, 0) is 6.54 Å². The van der Waals surface area contributed by atoms with E-state index in [1.165, 1.54) is 0 Å². The van der Waals surface area contributed by atoms with Crippen molar-refractivity contribution in [3.63, 3.8) is 0 Å². The number of fused-ring (bicyclic) bond motifs is 1. The summed E-state index contributed by atoms with van der Waals surface area (Å²) in [4.78, 5) is 4.50. The lowest BCUT2D eigenvalue weighted by molar-refractivity contribution is 0.940. The fraction of sp³-hybridized carbons (Fsp3) is 0.0667. The number of hydrogen-bond acceptors (Lipinski definition) is 3. The van der Waals surface area contributed by atoms with Crippen LogP contribution < -0.4 is 5.32 Å². The van der Waals surface area contributed by atoms with Crippen molar-refractivity contribution in [1.29, 1.82) is 5.26 Å². The normalized spacial score (nSPS) is 10.4. The molecule has 0 aliphatic heterocycles. The maximum atomic E-state index is 8.77. The number of nitrogens with zero attached hydrogens (tertiary/aromatic N) is 3. The van der Waals surface area contributed by atoms with Crippen molar-refractivity contribution in [3.05, 3.63) is 64.7 Å². The molecular weight excluding hydrogens is 316 g/mol. The molecule has 0 radical (unpaired) electrons. The van der Waals surface area contributed by atoms with E-state index < -0.39 is 0 Å². The number of benzene rings is 1. The van der Waals surface area contributed by atoms with Crippen molar-refractivity contribution < 1.29 is 0 Å². The molecule has 2 aromatic heterocycles. The molecule has 0 fully saturated rings. The first kappa shape index (κ1) is 12.7. The van der Waals surface area contributed by atoms with Crippen molar-refractivity contribution >= 4 is 27.1 Å². The maximum Gasteiger partial charge on any atom is 0.134 e. The van der Waals surface area contributed by atoms with Gasteiger partial charge in [-0.1, -0.05) is 6.07 Å². The van der Waals surface area contributed by atoms with Gasteiger partial charge in [0.1, 0.15) is 10.4 Å². The second-order valence-corrected chi connectivity index (χ2v) is 5.07. The van der Waals surface area contributed by atoms with Crippen LogP contribution in [0.2, 0.25) is 0 Å². The second kappa shape index (κ2) is 5.35. The fourth-order valence-corrected chi connectivity index (χ4v) is 2.56. The summed E-state index contributed by atoms with van der Waals surface area (Å²) >= 11 is 3.47. The van der Waals surface area contributed by atoms with Crippen LogP contribution in [-0.4, -0.2) is 9.38 Å². The average Bonchev–Trinajstić information content (AvgIpc) is 2.83. The summed E-state index contributed by atoms with van der Waals surface area (Å²) in [6.45, 7) is 0.614. The average molecular weight is 327 g/mol. The van der Waals surface area contributed by atoms with Crippen LogP contribution in [0.25, 0.3) is 5.52 Å². The van der Waals surface area contributed by atoms with Gasteiger partial charge >= 0.3 is 0 Å². The Labute approximate surface area is 124 Å². The van der Waals surface area contributed by atoms with E-state index >= 15 is 0 Å². The predicted octanol–water partition coefficient (Wildman–Crippen LogP) is 3.58. The van der Waals surface area contributed by atoms with E-state index in [1.54, 1.807) is 12.1 Å². The number of imidazole rings is 1. The smallest absolute Gasteiger partial charge is 0.134 e. The highest BCUT2D eigenvalue weighted by atomic mass is 79.9. The summed E-state index contributed by atoms with van der Waals surface area (Å²) < 4.78 is 2.88. The van der Waals surface area contributed by atoms with E-state index in [2.05, 4.69) is 32.3 Å². The Bertz CT molecular complexity index is 784. The van der Waals surface area contributed by atoms with E-state index in [4.69, 9.17) is 5.26 Å². The van der Waals surface area contributed by atoms with Crippen LogP contribution in [0.3, 0.4) is 0 Å². The van der Waals surface area contributed by atoms with Crippen LogP contribution >= 0.6 is 15.9 Å². The Morgan fingerprint density at radius 2 is 2.00 bits per heavy atom. The third-order valence-electron chi connectivity index (χ3n) is 3.04. The Hall–Kier alpha value is -2.32. The van der Waals surface area contributed by atoms with Gasteiger partial charge in [-0.3, -0.25) is 0 Å². The summed E-state index contributed by atoms with van der Waals surface area (Å²) in [6, 6.07) is 15.5. The second-order valence-electron chi connectivity index (χ2n) is 4.32. The topological polar surface area (TPSA) is 53.1 Å². The van der Waals surface area contributed by atoms with Crippen molar-refractivity contribution in [3.8, 4) is 6.07 Å². The molecule has 5 heteroatoms. The highest BCUT2D eigenvalue weighted by Crippen LogP contribution is 2.19. The van der Waals surface area contributed by atoms with Crippen molar-refractivity contribution in [2.45, 2.75) is 6.54 Å². The number of halogens is 1. The molecule has 0 spiro atoms. The van der Waals surface area contributed by atoms with Gasteiger partial charge in [-0.05, 0) is 52.3 Å². The molecule has 3 rings (SSSR count). The molecule has 0 aliphatic rings. The van der Waals surface area contributed by atoms with Crippen molar-refractivity contribution in [2.75, 3.05) is 5.32 Å². The maximum absolute atomic E-state index is 8.77. The van der Waals surface area contributed by atoms with E-state index in [9.17, 15) is 0 Å². The first-order chi connectivity index (χ1) is 9.78. The van der Waals surface area contributed by atoms with Crippen LogP contribution in [0.4, 0.5) is 5.69 Å². The lowest BCUT2D eigenvalue weighted by atomic mass is 10.2. The number of pyridine rings is 1. The van der Waals surface area contributed by atoms with Crippen molar-refractivity contribution in [2.24, 2.45) is 0 Å². The molecule has 1 N–H and O–H groups in total. The molecule has 0 aliphatic carbocycles. The zero-order valence-electron chi connectivity index (χ0n) is 10.5. The Balaban J connectivity index is 1.81. The predicted molar refractivity (Wildman–Crippen MR) is 81.4 cm³/mol. The van der Waals surface area contributed by atoms with Crippen LogP contribution in [0.1, 0.15) is 11.4 Å². The molecule has 0 saturated heterocycles. The number of rotatable bonds is 3. The molecule has 20 heavy (non-hydrogen) atoms. The summed E-state index contributed by atoms with van der Waals surface area (Å²) in [6.07, 6.45) is 1.99. The monoisotopic (exact) mass is 326 g/mol. The lowest BCUT2D eigenvalue weighted by Crippen LogP contribution is -2.03. The molecule has 3 aromatic rings. The van der Waals surface area contributed by atoms with Gasteiger partial charge in [0.15, 0.2) is 0 Å². The Morgan fingerprint density at radius 3 is 2.75 bits per heavy atom. The molecule has 98 valence electrons. The van der Waals surface area contributed by atoms with Gasteiger partial charge in [-0.2, -0.15) is 5.26 Å². The number of hydrogen-bond donors (Lipinski definition) is 1. The number of nitriles is 1. The Morgan fingerprint density at radius 1 is 1.20 bits per heavy atom. The van der Waals surface area contributed by atoms with Gasteiger partial charge in [0.05, 0.1) is 23.7 Å². The quantitative estimate of drug-likeness (QED) is 0.800. The highest BCUT2D eigenvalue weighted by molar-refractivity contribution is 9.10. The van der Waals surface area contributed by atoms with Gasteiger partial charge in [0.2, 0.25) is 0 Å². The number of nitrogens with one attached hydrogen (secondary N) is 1. The first-order valence-corrected chi connectivity index (χ1v) is 6.93. The molecule has 0 saturated carbocycles. The standard InChI is InChI=1S/C15H11BrN4/c16-15-13-3-1-2-8-20(13)14(19-15)10-18-12-6-4-11(9-17)5-7-12/h1-8,18H,10H2. The minimum absolute atomic E-state index is 0.614. The SMILES string of the molecule is N#Cc1ccc(NCc2nc(Br)c3ccccn23)cc1. The molecule has 0 unspecified atom stereocenters.